The third-order valence-corrected chi connectivity index (χ3v) is 14.1. The monoisotopic (exact) mass is 852 g/mol. The molecule has 324 valence electrons. The first-order valence-electron chi connectivity index (χ1n) is 21.7. The van der Waals surface area contributed by atoms with Crippen LogP contribution in [0.15, 0.2) is 78.0 Å². The Bertz CT molecular complexity index is 3080. The molecule has 1 unspecified atom stereocenters. The van der Waals surface area contributed by atoms with Crippen molar-refractivity contribution in [2.24, 2.45) is 5.92 Å². The van der Waals surface area contributed by atoms with Gasteiger partial charge in [0.1, 0.15) is 23.5 Å². The molecule has 15 nitrogen and oxygen atoms in total. The minimum Gasteiger partial charge on any atom is -0.376 e. The van der Waals surface area contributed by atoms with Crippen LogP contribution in [0.25, 0.3) is 39.0 Å². The van der Waals surface area contributed by atoms with E-state index in [0.717, 1.165) is 45.9 Å². The zero-order chi connectivity index (χ0) is 43.7. The number of nitrogens with zero attached hydrogens (tertiary/aromatic N) is 7. The Morgan fingerprint density at radius 2 is 1.71 bits per heavy atom. The molecule has 0 spiro atoms. The van der Waals surface area contributed by atoms with E-state index < -0.39 is 23.8 Å². The lowest BCUT2D eigenvalue weighted by atomic mass is 9.83. The molecule has 0 bridgehead atoms. The fourth-order valence-corrected chi connectivity index (χ4v) is 10.8. The van der Waals surface area contributed by atoms with Gasteiger partial charge in [-0.1, -0.05) is 13.0 Å². The smallest absolute Gasteiger partial charge is 0.376 e. The molecular formula is C47H49FN10O5. The van der Waals surface area contributed by atoms with Crippen LogP contribution in [0, 0.1) is 25.6 Å². The molecule has 7 heterocycles. The number of aromatic amines is 1. The normalized spacial score (nSPS) is 24.2. The number of benzene rings is 3. The van der Waals surface area contributed by atoms with Crippen LogP contribution in [-0.4, -0.2) is 75.5 Å². The predicted molar refractivity (Wildman–Crippen MR) is 233 cm³/mol. The van der Waals surface area contributed by atoms with Gasteiger partial charge in [-0.3, -0.25) is 24.3 Å². The molecule has 3 aliphatic heterocycles. The summed E-state index contributed by atoms with van der Waals surface area (Å²) in [6.45, 7) is 12.8. The number of hydrogen-bond acceptors (Lipinski definition) is 8. The summed E-state index contributed by atoms with van der Waals surface area (Å²) in [5, 5.41) is 17.0. The largest absolute Gasteiger partial charge is 0.427 e. The molecule has 3 aromatic carbocycles. The van der Waals surface area contributed by atoms with Crippen LogP contribution in [0.2, 0.25) is 0 Å². The van der Waals surface area contributed by atoms with Crippen molar-refractivity contribution in [3.63, 3.8) is 0 Å². The number of fused-ring (bicyclic) bond motifs is 3. The van der Waals surface area contributed by atoms with Gasteiger partial charge in [0.25, 0.3) is 5.91 Å². The van der Waals surface area contributed by atoms with Gasteiger partial charge >= 0.3 is 11.8 Å². The van der Waals surface area contributed by atoms with Crippen molar-refractivity contribution >= 4 is 33.8 Å². The third-order valence-electron chi connectivity index (χ3n) is 14.1. The van der Waals surface area contributed by atoms with E-state index in [4.69, 9.17) is 14.7 Å². The Balaban J connectivity index is 1.05. The van der Waals surface area contributed by atoms with Crippen LogP contribution < -0.4 is 16.5 Å². The molecule has 2 amide bonds. The highest BCUT2D eigenvalue weighted by molar-refractivity contribution is 6.00. The minimum absolute atomic E-state index is 0.0955. The molecule has 4 aliphatic rings. The van der Waals surface area contributed by atoms with E-state index >= 15 is 9.18 Å². The topological polar surface area (TPSA) is 158 Å². The number of ether oxygens (including phenoxy) is 1. The number of hydrogen-bond donors (Lipinski definition) is 3. The van der Waals surface area contributed by atoms with E-state index in [0.29, 0.717) is 65.9 Å². The maximum Gasteiger partial charge on any atom is 0.427 e. The van der Waals surface area contributed by atoms with Crippen molar-refractivity contribution in [2.75, 3.05) is 13.2 Å². The molecule has 1 aliphatic carbocycles. The van der Waals surface area contributed by atoms with Crippen molar-refractivity contribution in [3.05, 3.63) is 123 Å². The number of imidazole rings is 1. The van der Waals surface area contributed by atoms with Gasteiger partial charge < -0.3 is 19.0 Å². The van der Waals surface area contributed by atoms with Crippen LogP contribution in [0.1, 0.15) is 97.4 Å². The molecule has 4 aromatic heterocycles. The molecule has 63 heavy (non-hydrogen) atoms. The number of hydroxylamine groups is 1. The summed E-state index contributed by atoms with van der Waals surface area (Å²) in [6.07, 6.45) is 6.92. The van der Waals surface area contributed by atoms with Gasteiger partial charge in [-0.25, -0.2) is 18.7 Å². The lowest BCUT2D eigenvalue weighted by Gasteiger charge is -2.36. The summed E-state index contributed by atoms with van der Waals surface area (Å²) >= 11 is 0. The minimum atomic E-state index is -0.685. The van der Waals surface area contributed by atoms with Crippen LogP contribution in [0.4, 0.5) is 9.18 Å². The maximum atomic E-state index is 15.5. The van der Waals surface area contributed by atoms with E-state index in [9.17, 15) is 9.59 Å². The lowest BCUT2D eigenvalue weighted by molar-refractivity contribution is -0.0592. The summed E-state index contributed by atoms with van der Waals surface area (Å²) < 4.78 is 28.1. The third kappa shape index (κ3) is 6.09. The zero-order valence-electron chi connectivity index (χ0n) is 36.0. The van der Waals surface area contributed by atoms with Gasteiger partial charge in [0, 0.05) is 53.8 Å². The number of aryl methyl sites for hydroxylation is 2. The van der Waals surface area contributed by atoms with E-state index in [1.165, 1.54) is 5.56 Å². The fourth-order valence-electron chi connectivity index (χ4n) is 10.8. The van der Waals surface area contributed by atoms with Crippen molar-refractivity contribution in [1.29, 1.82) is 0 Å². The fraction of sp³-hybridized carbons (Fsp3) is 0.383. The second-order valence-corrected chi connectivity index (χ2v) is 18.5. The number of aromatic nitrogens is 7. The van der Waals surface area contributed by atoms with Crippen molar-refractivity contribution in [2.45, 2.75) is 96.5 Å². The second kappa shape index (κ2) is 14.0. The van der Waals surface area contributed by atoms with Crippen LogP contribution in [0.5, 0.6) is 0 Å². The molecule has 11 rings (SSSR count). The number of rotatable bonds is 7. The summed E-state index contributed by atoms with van der Waals surface area (Å²) in [7, 11) is 0. The number of nitrogens with one attached hydrogen (secondary N) is 3. The Kier molecular flexibility index (Phi) is 8.74. The predicted octanol–water partition coefficient (Wildman–Crippen LogP) is 7.14. The van der Waals surface area contributed by atoms with E-state index in [2.05, 4.69) is 64.5 Å². The van der Waals surface area contributed by atoms with E-state index in [-0.39, 0.29) is 28.9 Å². The molecule has 5 atom stereocenters. The average Bonchev–Trinajstić information content (AvgIpc) is 3.92. The standard InChI is InChI=1S/C47H49FN10O5/c1-25-17-34(18-26(2)40(25)48)58-41(56-15-14-55(45(56)61)33-8-9-35-32(20-33)24-49-51-35)39-28(4)54(13-11-36(39)52-58)42(59)38-21-31-19-29(30-12-16-62-46(5,6)23-30)7-10-37(31)57(38)47(22-27(47)3)43-50-44(60)63-53-43/h7-10,14-15,17-21,24,27-28,30,43,53H,11-13,16,22-23H2,1-6H3,(H,49,51)(H,50,60)/t27-,28-,30+,43?,47-/m0/s1. The van der Waals surface area contributed by atoms with Gasteiger partial charge in [0.05, 0.1) is 46.0 Å². The molecule has 7 aromatic rings. The molecule has 3 N–H and O–H groups in total. The van der Waals surface area contributed by atoms with Crippen molar-refractivity contribution in [3.8, 4) is 17.2 Å². The van der Waals surface area contributed by atoms with Crippen LogP contribution >= 0.6 is 0 Å². The summed E-state index contributed by atoms with van der Waals surface area (Å²) in [4.78, 5) is 49.7. The number of carbonyl (C=O) groups is 2. The zero-order valence-corrected chi connectivity index (χ0v) is 36.0. The first-order chi connectivity index (χ1) is 30.2. The Morgan fingerprint density at radius 3 is 2.44 bits per heavy atom. The summed E-state index contributed by atoms with van der Waals surface area (Å²) in [5.74, 6) is 0.376. The maximum absolute atomic E-state index is 15.5. The van der Waals surface area contributed by atoms with Gasteiger partial charge in [0.2, 0.25) is 0 Å². The van der Waals surface area contributed by atoms with Gasteiger partial charge in [0.15, 0.2) is 0 Å². The van der Waals surface area contributed by atoms with E-state index in [1.807, 2.05) is 36.1 Å². The Labute approximate surface area is 361 Å². The quantitative estimate of drug-likeness (QED) is 0.153. The van der Waals surface area contributed by atoms with Crippen LogP contribution in [0.3, 0.4) is 0 Å². The van der Waals surface area contributed by atoms with Crippen LogP contribution in [-0.2, 0) is 21.5 Å². The SMILES string of the molecule is Cc1cc(-n2nc3c(c2-n2ccn(-c4ccc5[nH]ncc5c4)c2=O)[C@H](C)N(C(=O)c2cc4cc([C@@H]5CCOC(C)(C)C5)ccc4n2[C@@]2(C4NOC(=O)N4)C[C@@H]2C)CC3)cc(C)c1F. The molecule has 0 radical (unpaired) electrons. The number of H-pyrrole nitrogens is 1. The molecular weight excluding hydrogens is 804 g/mol. The highest BCUT2D eigenvalue weighted by Crippen LogP contribution is 2.55. The first kappa shape index (κ1) is 39.3. The van der Waals surface area contributed by atoms with Gasteiger partial charge in [-0.2, -0.15) is 10.2 Å². The number of halogens is 1. The van der Waals surface area contributed by atoms with E-state index in [1.54, 1.807) is 58.4 Å². The number of amides is 2. The summed E-state index contributed by atoms with van der Waals surface area (Å²) in [6, 6.07) is 17.0. The van der Waals surface area contributed by atoms with Gasteiger partial charge in [-0.15, -0.1) is 5.48 Å². The molecule has 1 saturated carbocycles. The molecule has 2 saturated heterocycles. The van der Waals surface area contributed by atoms with Crippen molar-refractivity contribution < 1.29 is 23.6 Å². The lowest BCUT2D eigenvalue weighted by Crippen LogP contribution is -2.49. The number of carbonyl (C=O) groups excluding carboxylic acids is 2. The second-order valence-electron chi connectivity index (χ2n) is 18.5. The highest BCUT2D eigenvalue weighted by Gasteiger charge is 2.62. The van der Waals surface area contributed by atoms with Crippen molar-refractivity contribution in [1.82, 2.24) is 49.4 Å². The van der Waals surface area contributed by atoms with Gasteiger partial charge in [-0.05, 0) is 131 Å². The summed E-state index contributed by atoms with van der Waals surface area (Å²) in [5.41, 5.74) is 8.71. The first-order valence-corrected chi connectivity index (χ1v) is 21.7. The molecule has 3 fully saturated rings. The highest BCUT2D eigenvalue weighted by atomic mass is 19.1. The Morgan fingerprint density at radius 1 is 0.937 bits per heavy atom. The Hall–Kier alpha value is -6.52. The molecule has 16 heteroatoms. The average molecular weight is 853 g/mol.